The van der Waals surface area contributed by atoms with E-state index in [0.29, 0.717) is 23.8 Å². The molecule has 25 heavy (non-hydrogen) atoms. The molecule has 1 aliphatic rings. The van der Waals surface area contributed by atoms with Crippen molar-refractivity contribution in [3.05, 3.63) is 29.3 Å². The van der Waals surface area contributed by atoms with Gasteiger partial charge in [-0.05, 0) is 55.2 Å². The quantitative estimate of drug-likeness (QED) is 0.409. The summed E-state index contributed by atoms with van der Waals surface area (Å²) in [6, 6.07) is 7.84. The zero-order chi connectivity index (χ0) is 18.1. The molecule has 6 heteroatoms. The number of benzene rings is 1. The molecule has 1 saturated carbocycles. The first-order valence-corrected chi connectivity index (χ1v) is 10.2. The van der Waals surface area contributed by atoms with Crippen LogP contribution in [0.4, 0.5) is 0 Å². The van der Waals surface area contributed by atoms with E-state index < -0.39 is 0 Å². The third kappa shape index (κ3) is 7.70. The topological polar surface area (TPSA) is 55.4 Å². The van der Waals surface area contributed by atoms with Crippen molar-refractivity contribution in [1.82, 2.24) is 5.32 Å². The molecule has 0 spiro atoms. The first kappa shape index (κ1) is 20.1. The highest BCUT2D eigenvalue weighted by Crippen LogP contribution is 2.23. The van der Waals surface area contributed by atoms with Crippen molar-refractivity contribution in [3.63, 3.8) is 0 Å². The van der Waals surface area contributed by atoms with Crippen molar-refractivity contribution in [2.24, 2.45) is 5.92 Å². The molecule has 0 aliphatic heterocycles. The molecule has 4 nitrogen and oxygen atoms in total. The third-order valence-electron chi connectivity index (χ3n) is 4.43. The monoisotopic (exact) mass is 383 g/mol. The molecule has 2 atom stereocenters. The Hall–Kier alpha value is -1.20. The lowest BCUT2D eigenvalue weighted by Crippen LogP contribution is -2.42. The average Bonchev–Trinajstić information content (AvgIpc) is 2.60. The Morgan fingerprint density at radius 3 is 2.68 bits per heavy atom. The fraction of sp³-hybridized carbons (Fsp3) is 0.579. The van der Waals surface area contributed by atoms with Crippen LogP contribution in [0.25, 0.3) is 0 Å². The lowest BCUT2D eigenvalue weighted by molar-refractivity contribution is -0.148. The van der Waals surface area contributed by atoms with Gasteiger partial charge in [-0.2, -0.15) is 0 Å². The SMILES string of the molecule is C[C@@H]1CCCC[C@@H]1NC(=O)COC(=O)CCCSc1ccc(Cl)cc1. The fourth-order valence-corrected chi connectivity index (χ4v) is 3.91. The molecule has 1 aromatic rings. The van der Waals surface area contributed by atoms with Crippen LogP contribution in [-0.2, 0) is 14.3 Å². The van der Waals surface area contributed by atoms with Gasteiger partial charge in [-0.1, -0.05) is 31.4 Å². The molecule has 1 amide bonds. The Balaban J connectivity index is 1.55. The van der Waals surface area contributed by atoms with Crippen LogP contribution in [0, 0.1) is 5.92 Å². The maximum atomic E-state index is 11.9. The van der Waals surface area contributed by atoms with Crippen molar-refractivity contribution < 1.29 is 14.3 Å². The molecule has 0 heterocycles. The van der Waals surface area contributed by atoms with Crippen LogP contribution in [0.1, 0.15) is 45.4 Å². The number of carbonyl (C=O) groups is 2. The van der Waals surface area contributed by atoms with E-state index in [-0.39, 0.29) is 24.5 Å². The van der Waals surface area contributed by atoms with E-state index in [1.807, 2.05) is 24.3 Å². The maximum Gasteiger partial charge on any atom is 0.306 e. The van der Waals surface area contributed by atoms with Gasteiger partial charge in [0.2, 0.25) is 0 Å². The molecule has 138 valence electrons. The van der Waals surface area contributed by atoms with Crippen LogP contribution in [0.2, 0.25) is 5.02 Å². The van der Waals surface area contributed by atoms with Crippen molar-refractivity contribution in [2.75, 3.05) is 12.4 Å². The number of esters is 1. The van der Waals surface area contributed by atoms with Gasteiger partial charge in [0.05, 0.1) is 0 Å². The highest BCUT2D eigenvalue weighted by Gasteiger charge is 2.23. The van der Waals surface area contributed by atoms with Crippen molar-refractivity contribution >= 4 is 35.2 Å². The Labute approximate surface area is 159 Å². The van der Waals surface area contributed by atoms with Crippen molar-refractivity contribution in [3.8, 4) is 0 Å². The molecule has 1 aliphatic carbocycles. The number of nitrogens with one attached hydrogen (secondary N) is 1. The van der Waals surface area contributed by atoms with E-state index in [1.165, 1.54) is 6.42 Å². The Bertz CT molecular complexity index is 564. The lowest BCUT2D eigenvalue weighted by atomic mass is 9.86. The summed E-state index contributed by atoms with van der Waals surface area (Å²) in [5, 5.41) is 3.70. The number of halogens is 1. The number of hydrogen-bond donors (Lipinski definition) is 1. The van der Waals surface area contributed by atoms with Gasteiger partial charge in [-0.25, -0.2) is 0 Å². The molecular formula is C19H26ClNO3S. The van der Waals surface area contributed by atoms with Crippen LogP contribution in [0.15, 0.2) is 29.2 Å². The van der Waals surface area contributed by atoms with E-state index in [0.717, 1.165) is 29.9 Å². The fourth-order valence-electron chi connectivity index (χ4n) is 2.93. The number of hydrogen-bond acceptors (Lipinski definition) is 4. The van der Waals surface area contributed by atoms with E-state index in [9.17, 15) is 9.59 Å². The normalized spacial score (nSPS) is 20.1. The molecule has 0 aromatic heterocycles. The van der Waals surface area contributed by atoms with Crippen LogP contribution in [-0.4, -0.2) is 30.3 Å². The van der Waals surface area contributed by atoms with E-state index in [2.05, 4.69) is 12.2 Å². The summed E-state index contributed by atoms with van der Waals surface area (Å²) in [6.45, 7) is 1.99. The number of rotatable bonds is 8. The van der Waals surface area contributed by atoms with E-state index >= 15 is 0 Å². The van der Waals surface area contributed by atoms with Crippen LogP contribution in [0.3, 0.4) is 0 Å². The Morgan fingerprint density at radius 2 is 1.96 bits per heavy atom. The minimum absolute atomic E-state index is 0.174. The minimum Gasteiger partial charge on any atom is -0.456 e. The van der Waals surface area contributed by atoms with Gasteiger partial charge < -0.3 is 10.1 Å². The molecule has 1 aromatic carbocycles. The highest BCUT2D eigenvalue weighted by molar-refractivity contribution is 7.99. The summed E-state index contributed by atoms with van der Waals surface area (Å²) in [5.41, 5.74) is 0. The van der Waals surface area contributed by atoms with Crippen LogP contribution < -0.4 is 5.32 Å². The third-order valence-corrected chi connectivity index (χ3v) is 5.78. The summed E-state index contributed by atoms with van der Waals surface area (Å²) >= 11 is 7.51. The number of amides is 1. The van der Waals surface area contributed by atoms with Gasteiger partial charge in [0.25, 0.3) is 5.91 Å². The lowest BCUT2D eigenvalue weighted by Gasteiger charge is -2.29. The predicted octanol–water partition coefficient (Wildman–Crippen LogP) is 4.45. The van der Waals surface area contributed by atoms with Gasteiger partial charge in [-0.15, -0.1) is 11.8 Å². The first-order valence-electron chi connectivity index (χ1n) is 8.88. The molecule has 1 N–H and O–H groups in total. The number of ether oxygens (including phenoxy) is 1. The van der Waals surface area contributed by atoms with Crippen LogP contribution in [0.5, 0.6) is 0 Å². The largest absolute Gasteiger partial charge is 0.456 e. The van der Waals surface area contributed by atoms with Gasteiger partial charge in [-0.3, -0.25) is 9.59 Å². The standard InChI is InChI=1S/C19H26ClNO3S/c1-14-5-2-3-6-17(14)21-18(22)13-24-19(23)7-4-12-25-16-10-8-15(20)9-11-16/h8-11,14,17H,2-7,12-13H2,1H3,(H,21,22)/t14-,17+/m1/s1. The van der Waals surface area contributed by atoms with Gasteiger partial charge in [0, 0.05) is 22.4 Å². The summed E-state index contributed by atoms with van der Waals surface area (Å²) in [4.78, 5) is 24.8. The van der Waals surface area contributed by atoms with Gasteiger partial charge >= 0.3 is 5.97 Å². The van der Waals surface area contributed by atoms with Crippen molar-refractivity contribution in [1.29, 1.82) is 0 Å². The summed E-state index contributed by atoms with van der Waals surface area (Å²) in [5.74, 6) is 0.812. The van der Waals surface area contributed by atoms with Crippen LogP contribution >= 0.6 is 23.4 Å². The molecule has 2 rings (SSSR count). The molecule has 0 unspecified atom stereocenters. The van der Waals surface area contributed by atoms with E-state index in [4.69, 9.17) is 16.3 Å². The Morgan fingerprint density at radius 1 is 1.24 bits per heavy atom. The second-order valence-electron chi connectivity index (χ2n) is 6.50. The first-order chi connectivity index (χ1) is 12.0. The second kappa shape index (κ2) is 10.7. The highest BCUT2D eigenvalue weighted by atomic mass is 35.5. The number of carbonyl (C=O) groups excluding carboxylic acids is 2. The zero-order valence-electron chi connectivity index (χ0n) is 14.6. The van der Waals surface area contributed by atoms with Gasteiger partial charge in [0.15, 0.2) is 6.61 Å². The smallest absolute Gasteiger partial charge is 0.306 e. The van der Waals surface area contributed by atoms with E-state index in [1.54, 1.807) is 11.8 Å². The molecule has 0 saturated heterocycles. The summed E-state index contributed by atoms with van der Waals surface area (Å²) in [7, 11) is 0. The zero-order valence-corrected chi connectivity index (χ0v) is 16.2. The second-order valence-corrected chi connectivity index (χ2v) is 8.11. The molecular weight excluding hydrogens is 358 g/mol. The average molecular weight is 384 g/mol. The minimum atomic E-state index is -0.316. The van der Waals surface area contributed by atoms with Gasteiger partial charge in [0.1, 0.15) is 0 Å². The summed E-state index contributed by atoms with van der Waals surface area (Å²) < 4.78 is 5.07. The maximum absolute atomic E-state index is 11.9. The predicted molar refractivity (Wildman–Crippen MR) is 102 cm³/mol. The summed E-state index contributed by atoms with van der Waals surface area (Å²) in [6.07, 6.45) is 5.59. The molecule has 0 bridgehead atoms. The molecule has 0 radical (unpaired) electrons. The Kier molecular flexibility index (Phi) is 8.62. The van der Waals surface area contributed by atoms with Crippen molar-refractivity contribution in [2.45, 2.75) is 56.4 Å². The number of thioether (sulfide) groups is 1. The molecule has 1 fully saturated rings.